The second-order valence-corrected chi connectivity index (χ2v) is 7.22. The van der Waals surface area contributed by atoms with Gasteiger partial charge in [-0.2, -0.15) is 0 Å². The van der Waals surface area contributed by atoms with Crippen molar-refractivity contribution in [1.29, 1.82) is 0 Å². The van der Waals surface area contributed by atoms with E-state index in [4.69, 9.17) is 0 Å². The number of sulfonamides is 1. The smallest absolute Gasteiger partial charge is 0.216 e. The van der Waals surface area contributed by atoms with Gasteiger partial charge in [-0.05, 0) is 40.3 Å². The van der Waals surface area contributed by atoms with Crippen LogP contribution in [0.4, 0.5) is 0 Å². The molecule has 4 nitrogen and oxygen atoms in total. The summed E-state index contributed by atoms with van der Waals surface area (Å²) in [7, 11) is 0.658. The van der Waals surface area contributed by atoms with E-state index in [1.54, 1.807) is 25.2 Å². The molecule has 0 bridgehead atoms. The summed E-state index contributed by atoms with van der Waals surface area (Å²) in [4.78, 5) is 2.19. The van der Waals surface area contributed by atoms with E-state index in [9.17, 15) is 8.42 Å². The van der Waals surface area contributed by atoms with E-state index in [2.05, 4.69) is 4.90 Å². The van der Waals surface area contributed by atoms with Crippen molar-refractivity contribution >= 4 is 10.0 Å². The molecule has 0 saturated carbocycles. The quantitative estimate of drug-likeness (QED) is 0.723. The third-order valence-corrected chi connectivity index (χ3v) is 5.40. The number of hydrogen-bond donors (Lipinski definition) is 0. The number of hydrogen-bond acceptors (Lipinski definition) is 3. The fourth-order valence-corrected chi connectivity index (χ4v) is 3.23. The predicted molar refractivity (Wildman–Crippen MR) is 62.3 cm³/mol. The van der Waals surface area contributed by atoms with Crippen LogP contribution in [0.2, 0.25) is 0 Å². The van der Waals surface area contributed by atoms with Crippen molar-refractivity contribution in [2.45, 2.75) is 38.0 Å². The summed E-state index contributed by atoms with van der Waals surface area (Å²) < 4.78 is 25.5. The van der Waals surface area contributed by atoms with Gasteiger partial charge in [-0.25, -0.2) is 12.7 Å². The van der Waals surface area contributed by atoms with Crippen LogP contribution in [-0.4, -0.2) is 56.1 Å². The SMILES string of the molecule is CC(C)S(=O)(=O)N(C)C1CCCN(C)C1. The van der Waals surface area contributed by atoms with Crippen LogP contribution in [0.25, 0.3) is 0 Å². The predicted octanol–water partition coefficient (Wildman–Crippen LogP) is 0.751. The van der Waals surface area contributed by atoms with E-state index in [1.165, 1.54) is 0 Å². The first-order valence-electron chi connectivity index (χ1n) is 5.51. The summed E-state index contributed by atoms with van der Waals surface area (Å²) in [5.74, 6) is 0. The van der Waals surface area contributed by atoms with E-state index in [0.29, 0.717) is 0 Å². The summed E-state index contributed by atoms with van der Waals surface area (Å²) in [5, 5.41) is -0.324. The summed E-state index contributed by atoms with van der Waals surface area (Å²) in [6.45, 7) is 5.39. The number of likely N-dealkylation sites (tertiary alicyclic amines) is 1. The molecule has 0 N–H and O–H groups in total. The average Bonchev–Trinajstić information content (AvgIpc) is 2.16. The molecule has 0 amide bonds. The third kappa shape index (κ3) is 2.92. The monoisotopic (exact) mass is 234 g/mol. The zero-order chi connectivity index (χ0) is 11.6. The first kappa shape index (κ1) is 12.9. The lowest BCUT2D eigenvalue weighted by molar-refractivity contribution is 0.187. The summed E-state index contributed by atoms with van der Waals surface area (Å²) in [6.07, 6.45) is 2.06. The van der Waals surface area contributed by atoms with E-state index in [-0.39, 0.29) is 11.3 Å². The maximum atomic E-state index is 11.9. The second kappa shape index (κ2) is 4.80. The van der Waals surface area contributed by atoms with E-state index >= 15 is 0 Å². The van der Waals surface area contributed by atoms with Crippen molar-refractivity contribution in [2.24, 2.45) is 0 Å². The van der Waals surface area contributed by atoms with Crippen LogP contribution in [0.15, 0.2) is 0 Å². The largest absolute Gasteiger partial charge is 0.305 e. The van der Waals surface area contributed by atoms with Crippen molar-refractivity contribution in [1.82, 2.24) is 9.21 Å². The molecule has 0 aromatic rings. The van der Waals surface area contributed by atoms with Crippen LogP contribution in [0.3, 0.4) is 0 Å². The minimum Gasteiger partial charge on any atom is -0.305 e. The molecule has 0 aromatic carbocycles. The highest BCUT2D eigenvalue weighted by molar-refractivity contribution is 7.89. The minimum atomic E-state index is -3.09. The van der Waals surface area contributed by atoms with Crippen LogP contribution in [0, 0.1) is 0 Å². The molecule has 1 aliphatic heterocycles. The molecule has 0 aliphatic carbocycles. The van der Waals surface area contributed by atoms with Crippen molar-refractivity contribution in [3.63, 3.8) is 0 Å². The van der Waals surface area contributed by atoms with Gasteiger partial charge in [-0.1, -0.05) is 0 Å². The molecule has 1 atom stereocenters. The maximum absolute atomic E-state index is 11.9. The number of likely N-dealkylation sites (N-methyl/N-ethyl adjacent to an activating group) is 2. The Morgan fingerprint density at radius 1 is 1.40 bits per heavy atom. The molecule has 0 aromatic heterocycles. The second-order valence-electron chi connectivity index (χ2n) is 4.67. The Kier molecular flexibility index (Phi) is 4.14. The highest BCUT2D eigenvalue weighted by atomic mass is 32.2. The van der Waals surface area contributed by atoms with E-state index in [1.807, 2.05) is 7.05 Å². The molecular weight excluding hydrogens is 212 g/mol. The Bertz CT molecular complexity index is 301. The molecule has 5 heteroatoms. The van der Waals surface area contributed by atoms with Crippen LogP contribution in [-0.2, 0) is 10.0 Å². The van der Waals surface area contributed by atoms with Gasteiger partial charge < -0.3 is 4.90 Å². The number of nitrogens with zero attached hydrogens (tertiary/aromatic N) is 2. The first-order valence-corrected chi connectivity index (χ1v) is 7.01. The molecule has 1 heterocycles. The highest BCUT2D eigenvalue weighted by Crippen LogP contribution is 2.18. The van der Waals surface area contributed by atoms with Crippen molar-refractivity contribution in [3.05, 3.63) is 0 Å². The van der Waals surface area contributed by atoms with Gasteiger partial charge in [0.05, 0.1) is 5.25 Å². The van der Waals surface area contributed by atoms with Crippen molar-refractivity contribution < 1.29 is 8.42 Å². The van der Waals surface area contributed by atoms with Gasteiger partial charge in [0.2, 0.25) is 10.0 Å². The molecule has 1 fully saturated rings. The normalized spacial score (nSPS) is 25.1. The lowest BCUT2D eigenvalue weighted by atomic mass is 10.1. The topological polar surface area (TPSA) is 40.6 Å². The van der Waals surface area contributed by atoms with Crippen LogP contribution < -0.4 is 0 Å². The lowest BCUT2D eigenvalue weighted by Crippen LogP contribution is -2.48. The molecule has 1 saturated heterocycles. The Morgan fingerprint density at radius 2 is 2.00 bits per heavy atom. The Hall–Kier alpha value is -0.130. The lowest BCUT2D eigenvalue weighted by Gasteiger charge is -2.35. The Labute approximate surface area is 93.3 Å². The zero-order valence-corrected chi connectivity index (χ0v) is 10.9. The maximum Gasteiger partial charge on any atom is 0.216 e. The summed E-state index contributed by atoms with van der Waals surface area (Å²) >= 11 is 0. The molecule has 1 rings (SSSR count). The van der Waals surface area contributed by atoms with Crippen molar-refractivity contribution in [2.75, 3.05) is 27.2 Å². The average molecular weight is 234 g/mol. The number of rotatable bonds is 3. The van der Waals surface area contributed by atoms with Crippen molar-refractivity contribution in [3.8, 4) is 0 Å². The highest BCUT2D eigenvalue weighted by Gasteiger charge is 2.30. The third-order valence-electron chi connectivity index (χ3n) is 3.11. The molecule has 1 aliphatic rings. The Morgan fingerprint density at radius 3 is 2.47 bits per heavy atom. The fourth-order valence-electron chi connectivity index (χ4n) is 1.98. The van der Waals surface area contributed by atoms with Gasteiger partial charge in [0.25, 0.3) is 0 Å². The molecule has 90 valence electrons. The van der Waals surface area contributed by atoms with Gasteiger partial charge in [0.15, 0.2) is 0 Å². The Balaban J connectivity index is 2.71. The standard InChI is InChI=1S/C10H22N2O2S/c1-9(2)15(13,14)12(4)10-6-5-7-11(3)8-10/h9-10H,5-8H2,1-4H3. The summed E-state index contributed by atoms with van der Waals surface area (Å²) in [6, 6.07) is 0.149. The van der Waals surface area contributed by atoms with Crippen LogP contribution in [0.5, 0.6) is 0 Å². The first-order chi connectivity index (χ1) is 6.85. The van der Waals surface area contributed by atoms with Gasteiger partial charge in [-0.15, -0.1) is 0 Å². The van der Waals surface area contributed by atoms with Gasteiger partial charge >= 0.3 is 0 Å². The molecule has 15 heavy (non-hydrogen) atoms. The molecular formula is C10H22N2O2S. The fraction of sp³-hybridized carbons (Fsp3) is 1.00. The van der Waals surface area contributed by atoms with Crippen LogP contribution in [0.1, 0.15) is 26.7 Å². The van der Waals surface area contributed by atoms with Gasteiger partial charge in [0, 0.05) is 19.6 Å². The summed E-state index contributed by atoms with van der Waals surface area (Å²) in [5.41, 5.74) is 0. The van der Waals surface area contributed by atoms with Gasteiger partial charge in [0.1, 0.15) is 0 Å². The van der Waals surface area contributed by atoms with Crippen LogP contribution >= 0.6 is 0 Å². The van der Waals surface area contributed by atoms with Gasteiger partial charge in [-0.3, -0.25) is 0 Å². The minimum absolute atomic E-state index is 0.149. The zero-order valence-electron chi connectivity index (χ0n) is 10.1. The van der Waals surface area contributed by atoms with E-state index in [0.717, 1.165) is 25.9 Å². The molecule has 0 radical (unpaired) electrons. The van der Waals surface area contributed by atoms with E-state index < -0.39 is 10.0 Å². The molecule has 0 spiro atoms. The molecule has 1 unspecified atom stereocenters. The number of piperidine rings is 1.